The third-order valence-electron chi connectivity index (χ3n) is 5.41. The van der Waals surface area contributed by atoms with Crippen molar-refractivity contribution in [2.75, 3.05) is 37.7 Å². The molecule has 2 aliphatic rings. The molecule has 0 amide bonds. The zero-order chi connectivity index (χ0) is 18.2. The second-order valence-electron chi connectivity index (χ2n) is 8.34. The average Bonchev–Trinajstić information content (AvgIpc) is 3.05. The molecule has 0 aliphatic carbocycles. The second kappa shape index (κ2) is 6.96. The van der Waals surface area contributed by atoms with E-state index < -0.39 is 9.84 Å². The summed E-state index contributed by atoms with van der Waals surface area (Å²) in [5.41, 5.74) is -0.108. The lowest BCUT2D eigenvalue weighted by atomic mass is 9.96. The predicted octanol–water partition coefficient (Wildman–Crippen LogP) is 1.62. The number of sulfone groups is 1. The molecule has 142 valence electrons. The molecule has 0 saturated carbocycles. The number of rotatable bonds is 3. The average molecular weight is 371 g/mol. The normalized spacial score (nSPS) is 25.1. The molecule has 1 atom stereocenters. The standard InChI is InChI=1S/C17H30N4O3S/c1-13(15-18-16(19-24-15)17(2,3)4)20-7-5-14(6-8-20)21-9-11-25(22,23)12-10-21/h13-14H,5-12H2,1-4H3. The topological polar surface area (TPSA) is 79.5 Å². The van der Waals surface area contributed by atoms with Crippen molar-refractivity contribution in [3.63, 3.8) is 0 Å². The molecule has 2 saturated heterocycles. The van der Waals surface area contributed by atoms with Crippen LogP contribution >= 0.6 is 0 Å². The third kappa shape index (κ3) is 4.41. The minimum atomic E-state index is -2.80. The summed E-state index contributed by atoms with van der Waals surface area (Å²) in [6.07, 6.45) is 2.12. The van der Waals surface area contributed by atoms with E-state index in [1.807, 2.05) is 0 Å². The van der Waals surface area contributed by atoms with Crippen LogP contribution in [-0.4, -0.2) is 72.1 Å². The number of piperidine rings is 1. The van der Waals surface area contributed by atoms with E-state index in [0.29, 0.717) is 36.5 Å². The van der Waals surface area contributed by atoms with Crippen LogP contribution in [0.4, 0.5) is 0 Å². The van der Waals surface area contributed by atoms with Crippen LogP contribution in [0.5, 0.6) is 0 Å². The van der Waals surface area contributed by atoms with Gasteiger partial charge in [0.2, 0.25) is 5.89 Å². The Kier molecular flexibility index (Phi) is 5.23. The molecule has 0 spiro atoms. The van der Waals surface area contributed by atoms with Crippen LogP contribution in [0, 0.1) is 0 Å². The van der Waals surface area contributed by atoms with Crippen molar-refractivity contribution in [2.24, 2.45) is 0 Å². The zero-order valence-corrected chi connectivity index (χ0v) is 16.5. The van der Waals surface area contributed by atoms with Crippen LogP contribution in [0.1, 0.15) is 58.3 Å². The van der Waals surface area contributed by atoms with Crippen molar-refractivity contribution in [1.82, 2.24) is 19.9 Å². The van der Waals surface area contributed by atoms with Crippen LogP contribution in [0.25, 0.3) is 0 Å². The Bertz CT molecular complexity index is 673. The quantitative estimate of drug-likeness (QED) is 0.800. The molecule has 1 aromatic heterocycles. The van der Waals surface area contributed by atoms with E-state index in [9.17, 15) is 8.42 Å². The van der Waals surface area contributed by atoms with Gasteiger partial charge in [0.25, 0.3) is 0 Å². The van der Waals surface area contributed by atoms with Gasteiger partial charge in [0.05, 0.1) is 17.5 Å². The minimum absolute atomic E-state index is 0.108. The van der Waals surface area contributed by atoms with Gasteiger partial charge in [-0.25, -0.2) is 8.42 Å². The largest absolute Gasteiger partial charge is 0.338 e. The number of hydrogen-bond acceptors (Lipinski definition) is 7. The Labute approximate surface area is 150 Å². The molecular formula is C17H30N4O3S. The van der Waals surface area contributed by atoms with Crippen molar-refractivity contribution in [3.8, 4) is 0 Å². The van der Waals surface area contributed by atoms with E-state index in [-0.39, 0.29) is 11.5 Å². The van der Waals surface area contributed by atoms with Gasteiger partial charge < -0.3 is 4.52 Å². The molecule has 0 radical (unpaired) electrons. The molecule has 8 heteroatoms. The minimum Gasteiger partial charge on any atom is -0.338 e. The van der Waals surface area contributed by atoms with E-state index >= 15 is 0 Å². The van der Waals surface area contributed by atoms with Gasteiger partial charge >= 0.3 is 0 Å². The highest BCUT2D eigenvalue weighted by molar-refractivity contribution is 7.91. The summed E-state index contributed by atoms with van der Waals surface area (Å²) in [6.45, 7) is 11.7. The van der Waals surface area contributed by atoms with Gasteiger partial charge in [-0.15, -0.1) is 0 Å². The van der Waals surface area contributed by atoms with Crippen LogP contribution in [0.3, 0.4) is 0 Å². The fourth-order valence-electron chi connectivity index (χ4n) is 3.60. The van der Waals surface area contributed by atoms with Gasteiger partial charge in [-0.05, 0) is 19.8 Å². The Hall–Kier alpha value is -0.990. The summed E-state index contributed by atoms with van der Waals surface area (Å²) in [4.78, 5) is 9.33. The molecule has 0 N–H and O–H groups in total. The molecule has 1 unspecified atom stereocenters. The van der Waals surface area contributed by atoms with Crippen LogP contribution in [0.15, 0.2) is 4.52 Å². The third-order valence-corrected chi connectivity index (χ3v) is 7.02. The first-order valence-corrected chi connectivity index (χ1v) is 11.0. The highest BCUT2D eigenvalue weighted by Gasteiger charge is 2.32. The molecule has 2 fully saturated rings. The van der Waals surface area contributed by atoms with Crippen molar-refractivity contribution in [3.05, 3.63) is 11.7 Å². The van der Waals surface area contributed by atoms with Crippen molar-refractivity contribution >= 4 is 9.84 Å². The van der Waals surface area contributed by atoms with Crippen molar-refractivity contribution in [1.29, 1.82) is 0 Å². The van der Waals surface area contributed by atoms with E-state index in [2.05, 4.69) is 47.6 Å². The molecule has 3 rings (SSSR count). The maximum Gasteiger partial charge on any atom is 0.243 e. The smallest absolute Gasteiger partial charge is 0.243 e. The maximum absolute atomic E-state index is 11.6. The van der Waals surface area contributed by atoms with E-state index in [1.165, 1.54) is 0 Å². The molecular weight excluding hydrogens is 340 g/mol. The fraction of sp³-hybridized carbons (Fsp3) is 0.882. The molecule has 0 bridgehead atoms. The summed E-state index contributed by atoms with van der Waals surface area (Å²) in [6, 6.07) is 0.609. The second-order valence-corrected chi connectivity index (χ2v) is 10.6. The molecule has 0 aromatic carbocycles. The van der Waals surface area contributed by atoms with E-state index in [0.717, 1.165) is 31.8 Å². The fourth-order valence-corrected chi connectivity index (χ4v) is 4.83. The lowest BCUT2D eigenvalue weighted by Crippen LogP contribution is -2.50. The summed E-state index contributed by atoms with van der Waals surface area (Å²) in [5, 5.41) is 4.13. The summed E-state index contributed by atoms with van der Waals surface area (Å²) < 4.78 is 28.7. The highest BCUT2D eigenvalue weighted by Crippen LogP contribution is 2.27. The highest BCUT2D eigenvalue weighted by atomic mass is 32.2. The maximum atomic E-state index is 11.6. The number of likely N-dealkylation sites (tertiary alicyclic amines) is 1. The number of aromatic nitrogens is 2. The SMILES string of the molecule is CC(c1nc(C(C)(C)C)no1)N1CCC(N2CCS(=O)(=O)CC2)CC1. The van der Waals surface area contributed by atoms with Crippen molar-refractivity contribution in [2.45, 2.75) is 58.0 Å². The Morgan fingerprint density at radius 3 is 2.24 bits per heavy atom. The van der Waals surface area contributed by atoms with E-state index in [4.69, 9.17) is 4.52 Å². The first kappa shape index (κ1) is 18.8. The molecule has 2 aliphatic heterocycles. The first-order chi connectivity index (χ1) is 11.7. The van der Waals surface area contributed by atoms with Gasteiger partial charge in [-0.3, -0.25) is 9.80 Å². The molecule has 1 aromatic rings. The van der Waals surface area contributed by atoms with Crippen molar-refractivity contribution < 1.29 is 12.9 Å². The van der Waals surface area contributed by atoms with Gasteiger partial charge in [0, 0.05) is 37.6 Å². The van der Waals surface area contributed by atoms with Crippen LogP contribution in [0.2, 0.25) is 0 Å². The van der Waals surface area contributed by atoms with Gasteiger partial charge in [-0.1, -0.05) is 25.9 Å². The molecule has 25 heavy (non-hydrogen) atoms. The number of nitrogens with zero attached hydrogens (tertiary/aromatic N) is 4. The van der Waals surface area contributed by atoms with Gasteiger partial charge in [0.1, 0.15) is 0 Å². The lowest BCUT2D eigenvalue weighted by molar-refractivity contribution is 0.0818. The molecule has 7 nitrogen and oxygen atoms in total. The van der Waals surface area contributed by atoms with Gasteiger partial charge in [-0.2, -0.15) is 4.98 Å². The van der Waals surface area contributed by atoms with Crippen LogP contribution in [-0.2, 0) is 15.3 Å². The summed E-state index contributed by atoms with van der Waals surface area (Å²) in [7, 11) is -2.80. The number of hydrogen-bond donors (Lipinski definition) is 0. The van der Waals surface area contributed by atoms with Gasteiger partial charge in [0.15, 0.2) is 15.7 Å². The molecule has 3 heterocycles. The zero-order valence-electron chi connectivity index (χ0n) is 15.7. The summed E-state index contributed by atoms with van der Waals surface area (Å²) in [5.74, 6) is 2.05. The Morgan fingerprint density at radius 1 is 1.12 bits per heavy atom. The van der Waals surface area contributed by atoms with E-state index in [1.54, 1.807) is 0 Å². The summed E-state index contributed by atoms with van der Waals surface area (Å²) >= 11 is 0. The first-order valence-electron chi connectivity index (χ1n) is 9.18. The predicted molar refractivity (Wildman–Crippen MR) is 96.2 cm³/mol. The Balaban J connectivity index is 1.54. The lowest BCUT2D eigenvalue weighted by Gasteiger charge is -2.41. The van der Waals surface area contributed by atoms with Crippen LogP contribution < -0.4 is 0 Å². The monoisotopic (exact) mass is 370 g/mol. The Morgan fingerprint density at radius 2 is 1.72 bits per heavy atom.